The van der Waals surface area contributed by atoms with E-state index in [2.05, 4.69) is 9.88 Å². The summed E-state index contributed by atoms with van der Waals surface area (Å²) in [5.41, 5.74) is -3.97. The molecule has 2 N–H and O–H groups in total. The van der Waals surface area contributed by atoms with E-state index in [-0.39, 0.29) is 18.0 Å². The van der Waals surface area contributed by atoms with Crippen molar-refractivity contribution in [3.8, 4) is 0 Å². The summed E-state index contributed by atoms with van der Waals surface area (Å²) in [6.07, 6.45) is 5.29. The number of rotatable bonds is 2. The normalized spacial score (nSPS) is 29.4. The molecule has 4 aliphatic heterocycles. The Morgan fingerprint density at radius 3 is 2.28 bits per heavy atom. The highest BCUT2D eigenvalue weighted by molar-refractivity contribution is 7.86. The molecule has 5 heterocycles. The number of ketones is 1. The lowest BCUT2D eigenvalue weighted by molar-refractivity contribution is -0.145. The highest BCUT2D eigenvalue weighted by Crippen LogP contribution is 2.42. The molecule has 2 aromatic rings. The molecule has 1 aromatic carbocycles. The van der Waals surface area contributed by atoms with Crippen LogP contribution in [-0.2, 0) is 19.6 Å². The third-order valence-corrected chi connectivity index (χ3v) is 6.88. The fourth-order valence-electron chi connectivity index (χ4n) is 4.87. The first-order valence-electron chi connectivity index (χ1n) is 10.0. The van der Waals surface area contributed by atoms with E-state index in [1.54, 1.807) is 6.20 Å². The van der Waals surface area contributed by atoms with Crippen molar-refractivity contribution < 1.29 is 40.5 Å². The van der Waals surface area contributed by atoms with E-state index in [0.29, 0.717) is 30.0 Å². The number of carbonyl (C=O) groups excluding carboxylic acids is 2. The predicted molar refractivity (Wildman–Crippen MR) is 106 cm³/mol. The average molecular weight is 474 g/mol. The number of para-hydroxylation sites is 1. The zero-order valence-corrected chi connectivity index (χ0v) is 17.5. The van der Waals surface area contributed by atoms with Gasteiger partial charge in [-0.3, -0.25) is 14.2 Å². The molecule has 12 heteroatoms. The van der Waals surface area contributed by atoms with Gasteiger partial charge < -0.3 is 9.72 Å². The summed E-state index contributed by atoms with van der Waals surface area (Å²) in [5.74, 6) is 0.403. The Balaban J connectivity index is 0.000000265. The number of carbonyl (C=O) groups is 2. The summed E-state index contributed by atoms with van der Waals surface area (Å²) in [7, 11) is -5.84. The maximum atomic E-state index is 12.6. The van der Waals surface area contributed by atoms with Gasteiger partial charge in [-0.2, -0.15) is 21.6 Å². The molecular weight excluding hydrogens is 453 g/mol. The highest BCUT2D eigenvalue weighted by atomic mass is 32.2. The molecule has 6 rings (SSSR count). The van der Waals surface area contributed by atoms with E-state index in [0.717, 1.165) is 36.6 Å². The number of piperidine rings is 4. The number of fused-ring (bicyclic) bond motifs is 2. The number of nitrogens with zero attached hydrogens (tertiary/aromatic N) is 1. The summed E-state index contributed by atoms with van der Waals surface area (Å²) in [6.45, 7) is 0.600. The van der Waals surface area contributed by atoms with Gasteiger partial charge in [0.2, 0.25) is 0 Å². The van der Waals surface area contributed by atoms with Crippen LogP contribution in [0.15, 0.2) is 30.5 Å². The topological polar surface area (TPSA) is 117 Å². The van der Waals surface area contributed by atoms with Crippen LogP contribution in [0.3, 0.4) is 0 Å². The molecule has 4 fully saturated rings. The molecule has 0 spiro atoms. The lowest BCUT2D eigenvalue weighted by atomic mass is 9.72. The first-order chi connectivity index (χ1) is 14.9. The fourth-order valence-corrected chi connectivity index (χ4v) is 4.87. The Kier molecular flexibility index (Phi) is 5.80. The van der Waals surface area contributed by atoms with Crippen LogP contribution >= 0.6 is 0 Å². The largest absolute Gasteiger partial charge is 0.522 e. The molecule has 1 unspecified atom stereocenters. The van der Waals surface area contributed by atoms with Crippen molar-refractivity contribution >= 4 is 32.8 Å². The maximum absolute atomic E-state index is 12.6. The molecule has 5 atom stereocenters. The molecule has 4 bridgehead atoms. The second-order valence-corrected chi connectivity index (χ2v) is 9.70. The zero-order chi connectivity index (χ0) is 23.3. The Morgan fingerprint density at radius 2 is 1.72 bits per heavy atom. The number of benzene rings is 1. The number of aromatic nitrogens is 1. The number of hydrogen-bond acceptors (Lipinski definition) is 6. The third-order valence-electron chi connectivity index (χ3n) is 6.29. The molecule has 0 amide bonds. The maximum Gasteiger partial charge on any atom is 0.522 e. The van der Waals surface area contributed by atoms with E-state index in [4.69, 9.17) is 17.7 Å². The molecule has 174 valence electrons. The van der Waals surface area contributed by atoms with Gasteiger partial charge in [-0.05, 0) is 18.9 Å². The summed E-state index contributed by atoms with van der Waals surface area (Å²) >= 11 is 0. The van der Waals surface area contributed by atoms with Crippen molar-refractivity contribution in [2.45, 2.75) is 49.4 Å². The molecule has 1 aromatic heterocycles. The zero-order valence-electron chi connectivity index (χ0n) is 16.7. The lowest BCUT2D eigenvalue weighted by Gasteiger charge is -2.54. The molecule has 8 nitrogen and oxygen atoms in total. The lowest BCUT2D eigenvalue weighted by Crippen LogP contribution is -2.63. The quantitative estimate of drug-likeness (QED) is 0.391. The number of nitrogens with one attached hydrogen (secondary N) is 1. The van der Waals surface area contributed by atoms with E-state index < -0.39 is 15.6 Å². The molecule has 4 saturated heterocycles. The van der Waals surface area contributed by atoms with E-state index in [1.165, 1.54) is 0 Å². The van der Waals surface area contributed by atoms with E-state index in [9.17, 15) is 22.8 Å². The second-order valence-electron chi connectivity index (χ2n) is 8.28. The first-order valence-corrected chi connectivity index (χ1v) is 11.5. The van der Waals surface area contributed by atoms with Crippen LogP contribution in [0.2, 0.25) is 0 Å². The smallest absolute Gasteiger partial charge is 0.459 e. The van der Waals surface area contributed by atoms with Crippen molar-refractivity contribution in [1.29, 1.82) is 0 Å². The minimum atomic E-state index is -5.84. The standard InChI is InChI=1S/C19H20N2O3.CHF3O3S/c22-18-10-21-12-5-11(18)6-13(21)8-14(7-12)24-19(23)16-9-20-17-4-2-1-3-15(16)17;2-1(3,4)8(5,6)7/h1-4,9,11-14,20H,5-8,10H2;(H,5,6,7)/t11-,12+,13-,14-;. The summed E-state index contributed by atoms with van der Waals surface area (Å²) in [5, 5.41) is 0.909. The van der Waals surface area contributed by atoms with Gasteiger partial charge in [-0.25, -0.2) is 4.79 Å². The summed E-state index contributed by atoms with van der Waals surface area (Å²) in [6, 6.07) is 8.58. The average Bonchev–Trinajstić information content (AvgIpc) is 3.11. The van der Waals surface area contributed by atoms with Crippen LogP contribution in [0.4, 0.5) is 13.2 Å². The second kappa shape index (κ2) is 8.16. The molecular formula is C20H21F3N2O6S. The molecule has 0 aliphatic carbocycles. The van der Waals surface area contributed by atoms with E-state index >= 15 is 0 Å². The van der Waals surface area contributed by atoms with Gasteiger partial charge in [0.05, 0.1) is 12.1 Å². The van der Waals surface area contributed by atoms with Crippen LogP contribution in [-0.4, -0.2) is 64.8 Å². The summed E-state index contributed by atoms with van der Waals surface area (Å²) < 4.78 is 63.4. The predicted octanol–water partition coefficient (Wildman–Crippen LogP) is 2.91. The van der Waals surface area contributed by atoms with Crippen LogP contribution in [0.1, 0.15) is 36.0 Å². The van der Waals surface area contributed by atoms with Crippen LogP contribution in [0.25, 0.3) is 10.9 Å². The van der Waals surface area contributed by atoms with Gasteiger partial charge in [-0.15, -0.1) is 0 Å². The van der Waals surface area contributed by atoms with Gasteiger partial charge >= 0.3 is 21.6 Å². The van der Waals surface area contributed by atoms with Gasteiger partial charge in [0.25, 0.3) is 0 Å². The first kappa shape index (κ1) is 22.7. The third kappa shape index (κ3) is 4.39. The Hall–Kier alpha value is -2.44. The molecule has 32 heavy (non-hydrogen) atoms. The molecule has 4 aliphatic rings. The Morgan fingerprint density at radius 1 is 1.12 bits per heavy atom. The van der Waals surface area contributed by atoms with Gasteiger partial charge in [0.15, 0.2) is 0 Å². The van der Waals surface area contributed by atoms with Crippen molar-refractivity contribution in [3.05, 3.63) is 36.0 Å². The number of H-pyrrole nitrogens is 1. The SMILES string of the molecule is O=C(O[C@@H]1C[C@@H]2C[C@@H]3C[C@H](C1)N2CC3=O)c1c[nH]c2ccccc12.O=S(=O)(O)C(F)(F)F. The van der Waals surface area contributed by atoms with Crippen molar-refractivity contribution in [3.63, 3.8) is 0 Å². The number of halogens is 3. The van der Waals surface area contributed by atoms with Crippen LogP contribution < -0.4 is 0 Å². The van der Waals surface area contributed by atoms with Gasteiger partial charge in [0, 0.05) is 47.9 Å². The minimum absolute atomic E-state index is 0.0356. The van der Waals surface area contributed by atoms with Gasteiger partial charge in [0.1, 0.15) is 11.9 Å². The minimum Gasteiger partial charge on any atom is -0.459 e. The number of esters is 1. The van der Waals surface area contributed by atoms with Crippen molar-refractivity contribution in [2.75, 3.05) is 6.54 Å². The number of alkyl halides is 3. The molecule has 0 saturated carbocycles. The van der Waals surface area contributed by atoms with Crippen LogP contribution in [0.5, 0.6) is 0 Å². The molecule has 0 radical (unpaired) electrons. The number of aromatic amines is 1. The van der Waals surface area contributed by atoms with Crippen molar-refractivity contribution in [2.24, 2.45) is 5.92 Å². The summed E-state index contributed by atoms with van der Waals surface area (Å²) in [4.78, 5) is 30.0. The number of hydrogen-bond donors (Lipinski definition) is 2. The Bertz CT molecular complexity index is 1130. The fraction of sp³-hybridized carbons (Fsp3) is 0.500. The van der Waals surface area contributed by atoms with Crippen molar-refractivity contribution in [1.82, 2.24) is 9.88 Å². The number of Topliss-reactive ketones (excluding diaryl/α,β-unsaturated/α-hetero) is 1. The highest BCUT2D eigenvalue weighted by Gasteiger charge is 2.49. The number of ether oxygens (including phenoxy) is 1. The van der Waals surface area contributed by atoms with Gasteiger partial charge in [-0.1, -0.05) is 18.2 Å². The monoisotopic (exact) mass is 474 g/mol. The Labute approximate surface area is 181 Å². The van der Waals surface area contributed by atoms with Crippen LogP contribution in [0, 0.1) is 5.92 Å². The van der Waals surface area contributed by atoms with E-state index in [1.807, 2.05) is 24.3 Å².